The number of nitrogens with zero attached hydrogens (tertiary/aromatic N) is 1. The van der Waals surface area contributed by atoms with Crippen molar-refractivity contribution in [1.82, 2.24) is 9.62 Å². The zero-order valence-electron chi connectivity index (χ0n) is 8.21. The van der Waals surface area contributed by atoms with Crippen molar-refractivity contribution < 1.29 is 0 Å². The second kappa shape index (κ2) is 4.67. The van der Waals surface area contributed by atoms with Gasteiger partial charge in [0.25, 0.3) is 0 Å². The first-order valence-electron chi connectivity index (χ1n) is 5.53. The molecule has 1 N–H and O–H groups in total. The molecule has 2 aliphatic rings. The van der Waals surface area contributed by atoms with Gasteiger partial charge in [-0.2, -0.15) is 0 Å². The first kappa shape index (κ1) is 9.81. The first-order chi connectivity index (χ1) is 6.36. The highest BCUT2D eigenvalue weighted by atomic mass is 32.1. The van der Waals surface area contributed by atoms with Gasteiger partial charge >= 0.3 is 0 Å². The molecule has 13 heavy (non-hydrogen) atoms. The predicted molar refractivity (Wildman–Crippen MR) is 58.9 cm³/mol. The smallest absolute Gasteiger partial charge is 0.0130 e. The fourth-order valence-electron chi connectivity index (χ4n) is 2.60. The molecule has 2 fully saturated rings. The summed E-state index contributed by atoms with van der Waals surface area (Å²) >= 11 is 4.45. The molecule has 2 atom stereocenters. The van der Waals surface area contributed by atoms with Crippen molar-refractivity contribution in [2.24, 2.45) is 5.92 Å². The van der Waals surface area contributed by atoms with Crippen LogP contribution in [0.1, 0.15) is 32.1 Å². The molecule has 76 valence electrons. The van der Waals surface area contributed by atoms with Crippen LogP contribution in [0.3, 0.4) is 0 Å². The van der Waals surface area contributed by atoms with E-state index in [9.17, 15) is 0 Å². The summed E-state index contributed by atoms with van der Waals surface area (Å²) in [5.41, 5.74) is 0. The molecule has 0 aromatic heterocycles. The van der Waals surface area contributed by atoms with Crippen LogP contribution < -0.4 is 5.32 Å². The molecule has 2 aliphatic heterocycles. The van der Waals surface area contributed by atoms with Crippen LogP contribution in [0.4, 0.5) is 0 Å². The number of nitrogens with one attached hydrogen (secondary N) is 1. The van der Waals surface area contributed by atoms with Gasteiger partial charge in [-0.25, -0.2) is 0 Å². The molecule has 2 unspecified atom stereocenters. The highest BCUT2D eigenvalue weighted by Crippen LogP contribution is 2.25. The van der Waals surface area contributed by atoms with Crippen molar-refractivity contribution in [2.45, 2.75) is 38.1 Å². The Kier molecular flexibility index (Phi) is 3.52. The molecule has 0 aromatic rings. The Bertz CT molecular complexity index is 157. The van der Waals surface area contributed by atoms with E-state index < -0.39 is 0 Å². The number of hydrogen-bond donors (Lipinski definition) is 2. The topological polar surface area (TPSA) is 15.3 Å². The lowest BCUT2D eigenvalue weighted by Gasteiger charge is -2.36. The normalized spacial score (nSPS) is 37.6. The Morgan fingerprint density at radius 3 is 2.77 bits per heavy atom. The van der Waals surface area contributed by atoms with E-state index in [4.69, 9.17) is 0 Å². The summed E-state index contributed by atoms with van der Waals surface area (Å²) in [5, 5.41) is 3.65. The van der Waals surface area contributed by atoms with E-state index >= 15 is 0 Å². The molecule has 2 rings (SSSR count). The Morgan fingerprint density at radius 1 is 1.15 bits per heavy atom. The third-order valence-electron chi connectivity index (χ3n) is 3.35. The molecular weight excluding hydrogens is 180 g/mol. The van der Waals surface area contributed by atoms with E-state index in [0.717, 1.165) is 12.0 Å². The molecule has 3 heteroatoms. The van der Waals surface area contributed by atoms with Gasteiger partial charge in [0.15, 0.2) is 0 Å². The fourth-order valence-corrected chi connectivity index (χ4v) is 2.95. The zero-order chi connectivity index (χ0) is 9.10. The van der Waals surface area contributed by atoms with Crippen LogP contribution in [0, 0.1) is 5.92 Å². The van der Waals surface area contributed by atoms with Gasteiger partial charge in [-0.15, -0.1) is 0 Å². The van der Waals surface area contributed by atoms with Crippen molar-refractivity contribution in [1.29, 1.82) is 0 Å². The third-order valence-corrected chi connectivity index (χ3v) is 3.72. The number of thiol groups is 1. The highest BCUT2D eigenvalue weighted by molar-refractivity contribution is 7.77. The molecular formula is C10H20N2S. The van der Waals surface area contributed by atoms with Gasteiger partial charge in [0.1, 0.15) is 0 Å². The number of piperidine rings is 2. The Hall–Kier alpha value is 0.270. The van der Waals surface area contributed by atoms with Crippen LogP contribution in [0.5, 0.6) is 0 Å². The summed E-state index contributed by atoms with van der Waals surface area (Å²) in [7, 11) is 0. The molecule has 0 saturated carbocycles. The summed E-state index contributed by atoms with van der Waals surface area (Å²) in [6.45, 7) is 3.58. The Balaban J connectivity index is 1.83. The highest BCUT2D eigenvalue weighted by Gasteiger charge is 2.26. The van der Waals surface area contributed by atoms with Crippen LogP contribution in [0.15, 0.2) is 0 Å². The molecule has 2 heterocycles. The maximum Gasteiger partial charge on any atom is 0.0130 e. The summed E-state index contributed by atoms with van der Waals surface area (Å²) in [4.78, 5) is 0. The summed E-state index contributed by atoms with van der Waals surface area (Å²) in [6.07, 6.45) is 6.89. The second-order valence-corrected chi connectivity index (χ2v) is 4.94. The Morgan fingerprint density at radius 2 is 2.08 bits per heavy atom. The van der Waals surface area contributed by atoms with Gasteiger partial charge in [-0.3, -0.25) is 4.31 Å². The lowest BCUT2D eigenvalue weighted by molar-refractivity contribution is 0.205. The van der Waals surface area contributed by atoms with E-state index in [0.29, 0.717) is 0 Å². The minimum absolute atomic E-state index is 0.781. The number of hydrogen-bond acceptors (Lipinski definition) is 3. The lowest BCUT2D eigenvalue weighted by Crippen LogP contribution is -2.45. The van der Waals surface area contributed by atoms with Crippen LogP contribution in [0.25, 0.3) is 0 Å². The molecule has 0 radical (unpaired) electrons. The van der Waals surface area contributed by atoms with Crippen molar-refractivity contribution in [3.8, 4) is 0 Å². The van der Waals surface area contributed by atoms with Crippen LogP contribution >= 0.6 is 12.8 Å². The van der Waals surface area contributed by atoms with Gasteiger partial charge in [0, 0.05) is 19.1 Å². The minimum atomic E-state index is 0.781. The quantitative estimate of drug-likeness (QED) is 0.626. The minimum Gasteiger partial charge on any atom is -0.314 e. The van der Waals surface area contributed by atoms with E-state index in [-0.39, 0.29) is 0 Å². The van der Waals surface area contributed by atoms with Gasteiger partial charge in [-0.1, -0.05) is 19.2 Å². The molecule has 0 spiro atoms. The third kappa shape index (κ3) is 2.61. The van der Waals surface area contributed by atoms with E-state index in [2.05, 4.69) is 22.4 Å². The second-order valence-electron chi connectivity index (χ2n) is 4.37. The molecule has 0 bridgehead atoms. The Labute approximate surface area is 86.6 Å². The largest absolute Gasteiger partial charge is 0.314 e. The average molecular weight is 200 g/mol. The van der Waals surface area contributed by atoms with Gasteiger partial charge in [0.2, 0.25) is 0 Å². The van der Waals surface area contributed by atoms with Gasteiger partial charge in [-0.05, 0) is 38.1 Å². The fraction of sp³-hybridized carbons (Fsp3) is 1.00. The first-order valence-corrected chi connectivity index (χ1v) is 5.93. The van der Waals surface area contributed by atoms with E-state index in [1.165, 1.54) is 51.7 Å². The van der Waals surface area contributed by atoms with Crippen LogP contribution in [-0.4, -0.2) is 30.0 Å². The maximum absolute atomic E-state index is 4.45. The summed E-state index contributed by atoms with van der Waals surface area (Å²) in [6, 6.07) is 0.781. The SMILES string of the molecule is SN1CCCC(C2CCCCN2)C1. The lowest BCUT2D eigenvalue weighted by atomic mass is 9.87. The van der Waals surface area contributed by atoms with Gasteiger partial charge in [0.05, 0.1) is 0 Å². The molecule has 0 aliphatic carbocycles. The van der Waals surface area contributed by atoms with Crippen LogP contribution in [0.2, 0.25) is 0 Å². The van der Waals surface area contributed by atoms with E-state index in [1.54, 1.807) is 0 Å². The monoisotopic (exact) mass is 200 g/mol. The van der Waals surface area contributed by atoms with Crippen molar-refractivity contribution in [2.75, 3.05) is 19.6 Å². The van der Waals surface area contributed by atoms with Crippen LogP contribution in [-0.2, 0) is 0 Å². The molecule has 2 saturated heterocycles. The predicted octanol–water partition coefficient (Wildman–Crippen LogP) is 1.69. The van der Waals surface area contributed by atoms with E-state index in [1.807, 2.05) is 0 Å². The summed E-state index contributed by atoms with van der Waals surface area (Å²) < 4.78 is 2.18. The molecule has 2 nitrogen and oxygen atoms in total. The average Bonchev–Trinajstić information content (AvgIpc) is 2.19. The van der Waals surface area contributed by atoms with Crippen molar-refractivity contribution in [3.05, 3.63) is 0 Å². The number of rotatable bonds is 1. The maximum atomic E-state index is 4.45. The summed E-state index contributed by atoms with van der Waals surface area (Å²) in [5.74, 6) is 0.853. The molecule has 0 aromatic carbocycles. The van der Waals surface area contributed by atoms with Crippen molar-refractivity contribution >= 4 is 12.8 Å². The van der Waals surface area contributed by atoms with Crippen molar-refractivity contribution in [3.63, 3.8) is 0 Å². The molecule has 0 amide bonds. The zero-order valence-corrected chi connectivity index (χ0v) is 9.10. The standard InChI is InChI=1S/C10H20N2S/c13-12-7-3-4-9(8-12)10-5-1-2-6-11-10/h9-11,13H,1-8H2. The van der Waals surface area contributed by atoms with Gasteiger partial charge < -0.3 is 5.32 Å².